The Morgan fingerprint density at radius 1 is 0.889 bits per heavy atom. The van der Waals surface area contributed by atoms with Crippen molar-refractivity contribution in [2.75, 3.05) is 41.3 Å². The predicted molar refractivity (Wildman–Crippen MR) is 108 cm³/mol. The highest BCUT2D eigenvalue weighted by Crippen LogP contribution is 2.23. The Morgan fingerprint density at radius 3 is 2.44 bits per heavy atom. The van der Waals surface area contributed by atoms with Gasteiger partial charge in [0, 0.05) is 48.6 Å². The fourth-order valence-corrected chi connectivity index (χ4v) is 3.35. The summed E-state index contributed by atoms with van der Waals surface area (Å²) >= 11 is 6.10. The average Bonchev–Trinajstić information content (AvgIpc) is 2.68. The molecular formula is C20H19ClFN5. The molecule has 0 saturated carbocycles. The van der Waals surface area contributed by atoms with Crippen LogP contribution in [0.1, 0.15) is 0 Å². The summed E-state index contributed by atoms with van der Waals surface area (Å²) in [5, 5.41) is 3.87. The van der Waals surface area contributed by atoms with Gasteiger partial charge in [0.05, 0.1) is 0 Å². The second kappa shape index (κ2) is 7.80. The zero-order chi connectivity index (χ0) is 18.6. The number of nitrogens with one attached hydrogen (secondary N) is 1. The zero-order valence-corrected chi connectivity index (χ0v) is 15.4. The molecule has 5 nitrogen and oxygen atoms in total. The van der Waals surface area contributed by atoms with Crippen molar-refractivity contribution >= 4 is 34.6 Å². The van der Waals surface area contributed by atoms with Crippen LogP contribution in [-0.4, -0.2) is 36.1 Å². The van der Waals surface area contributed by atoms with Crippen LogP contribution in [-0.2, 0) is 0 Å². The molecule has 1 N–H and O–H groups in total. The molecule has 0 amide bonds. The van der Waals surface area contributed by atoms with Crippen molar-refractivity contribution < 1.29 is 4.39 Å². The van der Waals surface area contributed by atoms with E-state index in [1.807, 2.05) is 24.3 Å². The van der Waals surface area contributed by atoms with Crippen molar-refractivity contribution in [2.45, 2.75) is 0 Å². The fourth-order valence-electron chi connectivity index (χ4n) is 3.17. The first-order valence-electron chi connectivity index (χ1n) is 8.77. The average molecular weight is 384 g/mol. The summed E-state index contributed by atoms with van der Waals surface area (Å²) in [5.41, 5.74) is 1.80. The molecule has 0 bridgehead atoms. The topological polar surface area (TPSA) is 44.3 Å². The molecule has 1 aromatic heterocycles. The number of rotatable bonds is 4. The summed E-state index contributed by atoms with van der Waals surface area (Å²) in [6.07, 6.45) is 1.53. The first-order valence-corrected chi connectivity index (χ1v) is 9.15. The third-order valence-corrected chi connectivity index (χ3v) is 4.76. The summed E-state index contributed by atoms with van der Waals surface area (Å²) in [6.45, 7) is 3.47. The van der Waals surface area contributed by atoms with Crippen LogP contribution in [0.4, 0.5) is 27.4 Å². The molecule has 27 heavy (non-hydrogen) atoms. The van der Waals surface area contributed by atoms with E-state index in [1.54, 1.807) is 12.1 Å². The Hall–Kier alpha value is -2.86. The van der Waals surface area contributed by atoms with Crippen molar-refractivity contribution in [1.29, 1.82) is 0 Å². The van der Waals surface area contributed by atoms with Gasteiger partial charge in [-0.2, -0.15) is 0 Å². The highest BCUT2D eigenvalue weighted by Gasteiger charge is 2.19. The Labute approximate surface area is 162 Å². The summed E-state index contributed by atoms with van der Waals surface area (Å²) in [4.78, 5) is 13.2. The minimum Gasteiger partial charge on any atom is -0.368 e. The van der Waals surface area contributed by atoms with Crippen LogP contribution in [0.25, 0.3) is 0 Å². The molecule has 4 rings (SSSR count). The van der Waals surface area contributed by atoms with Gasteiger partial charge in [0.1, 0.15) is 23.8 Å². The van der Waals surface area contributed by atoms with E-state index < -0.39 is 0 Å². The highest BCUT2D eigenvalue weighted by atomic mass is 35.5. The van der Waals surface area contributed by atoms with Gasteiger partial charge in [-0.05, 0) is 36.4 Å². The number of hydrogen-bond acceptors (Lipinski definition) is 5. The number of hydrogen-bond donors (Lipinski definition) is 1. The third-order valence-electron chi connectivity index (χ3n) is 4.53. The molecule has 1 aliphatic rings. The fraction of sp³-hybridized carbons (Fsp3) is 0.200. The van der Waals surface area contributed by atoms with Crippen LogP contribution in [0.2, 0.25) is 5.02 Å². The van der Waals surface area contributed by atoms with Crippen molar-refractivity contribution in [3.8, 4) is 0 Å². The molecule has 0 atom stereocenters. The largest absolute Gasteiger partial charge is 0.368 e. The molecule has 0 radical (unpaired) electrons. The maximum absolute atomic E-state index is 13.3. The van der Waals surface area contributed by atoms with Crippen LogP contribution in [0.15, 0.2) is 60.9 Å². The lowest BCUT2D eigenvalue weighted by molar-refractivity contribution is 0.628. The summed E-state index contributed by atoms with van der Waals surface area (Å²) in [7, 11) is 0. The number of aromatic nitrogens is 2. The van der Waals surface area contributed by atoms with Crippen molar-refractivity contribution in [2.24, 2.45) is 0 Å². The molecule has 0 spiro atoms. The summed E-state index contributed by atoms with van der Waals surface area (Å²) < 4.78 is 13.3. The van der Waals surface area contributed by atoms with Crippen molar-refractivity contribution in [3.05, 3.63) is 71.8 Å². The number of anilines is 4. The van der Waals surface area contributed by atoms with Gasteiger partial charge in [0.2, 0.25) is 0 Å². The predicted octanol–water partition coefficient (Wildman–Crippen LogP) is 4.34. The minimum atomic E-state index is -0.286. The first kappa shape index (κ1) is 17.5. The lowest BCUT2D eigenvalue weighted by Gasteiger charge is -2.36. The van der Waals surface area contributed by atoms with Crippen LogP contribution in [0.5, 0.6) is 0 Å². The molecular weight excluding hydrogens is 365 g/mol. The Bertz CT molecular complexity index is 928. The minimum absolute atomic E-state index is 0.286. The Morgan fingerprint density at radius 2 is 1.67 bits per heavy atom. The Kier molecular flexibility index (Phi) is 5.07. The van der Waals surface area contributed by atoms with Gasteiger partial charge in [-0.1, -0.05) is 23.7 Å². The van der Waals surface area contributed by atoms with Crippen molar-refractivity contribution in [1.82, 2.24) is 9.97 Å². The highest BCUT2D eigenvalue weighted by molar-refractivity contribution is 6.30. The molecule has 2 aromatic carbocycles. The second-order valence-corrected chi connectivity index (χ2v) is 6.79. The Balaban J connectivity index is 1.42. The van der Waals surface area contributed by atoms with E-state index in [4.69, 9.17) is 11.6 Å². The van der Waals surface area contributed by atoms with E-state index in [2.05, 4.69) is 31.2 Å². The monoisotopic (exact) mass is 383 g/mol. The standard InChI is InChI=1S/C20H19ClFN5/c21-15-3-1-6-18(11-15)26-7-9-27(10-8-26)20-13-19(23-14-24-20)25-17-5-2-4-16(22)12-17/h1-6,11-14H,7-10H2,(H,23,24,25). The molecule has 1 fully saturated rings. The molecule has 3 aromatic rings. The number of nitrogens with zero attached hydrogens (tertiary/aromatic N) is 4. The molecule has 0 unspecified atom stereocenters. The molecule has 2 heterocycles. The smallest absolute Gasteiger partial charge is 0.135 e. The van der Waals surface area contributed by atoms with Crippen LogP contribution in [0.3, 0.4) is 0 Å². The zero-order valence-electron chi connectivity index (χ0n) is 14.6. The van der Waals surface area contributed by atoms with Gasteiger partial charge in [0.25, 0.3) is 0 Å². The molecule has 1 saturated heterocycles. The third kappa shape index (κ3) is 4.28. The number of halogens is 2. The van der Waals surface area contributed by atoms with Gasteiger partial charge in [-0.3, -0.25) is 0 Å². The van der Waals surface area contributed by atoms with Gasteiger partial charge in [-0.25, -0.2) is 14.4 Å². The molecule has 7 heteroatoms. The van der Waals surface area contributed by atoms with Crippen LogP contribution in [0, 0.1) is 5.82 Å². The van der Waals surface area contributed by atoms with Gasteiger partial charge in [-0.15, -0.1) is 0 Å². The first-order chi connectivity index (χ1) is 13.2. The molecule has 0 aliphatic carbocycles. The van der Waals surface area contributed by atoms with E-state index in [0.717, 1.165) is 42.7 Å². The van der Waals surface area contributed by atoms with E-state index in [1.165, 1.54) is 18.5 Å². The van der Waals surface area contributed by atoms with Gasteiger partial charge >= 0.3 is 0 Å². The maximum atomic E-state index is 13.3. The lowest BCUT2D eigenvalue weighted by atomic mass is 10.2. The normalized spacial score (nSPS) is 14.3. The molecule has 138 valence electrons. The second-order valence-electron chi connectivity index (χ2n) is 6.35. The van der Waals surface area contributed by atoms with E-state index in [9.17, 15) is 4.39 Å². The van der Waals surface area contributed by atoms with Crippen LogP contribution < -0.4 is 15.1 Å². The SMILES string of the molecule is Fc1cccc(Nc2cc(N3CCN(c4cccc(Cl)c4)CC3)ncn2)c1. The summed E-state index contributed by atoms with van der Waals surface area (Å²) in [6, 6.07) is 16.1. The van der Waals surface area contributed by atoms with Crippen molar-refractivity contribution in [3.63, 3.8) is 0 Å². The van der Waals surface area contributed by atoms with Crippen LogP contribution >= 0.6 is 11.6 Å². The van der Waals surface area contributed by atoms with E-state index in [0.29, 0.717) is 11.5 Å². The number of benzene rings is 2. The van der Waals surface area contributed by atoms with E-state index in [-0.39, 0.29) is 5.82 Å². The molecule has 1 aliphatic heterocycles. The number of piperazine rings is 1. The van der Waals surface area contributed by atoms with E-state index >= 15 is 0 Å². The maximum Gasteiger partial charge on any atom is 0.135 e. The lowest BCUT2D eigenvalue weighted by Crippen LogP contribution is -2.46. The van der Waals surface area contributed by atoms with Gasteiger partial charge in [0.15, 0.2) is 0 Å². The van der Waals surface area contributed by atoms with Gasteiger partial charge < -0.3 is 15.1 Å². The quantitative estimate of drug-likeness (QED) is 0.726. The summed E-state index contributed by atoms with van der Waals surface area (Å²) in [5.74, 6) is 1.21.